The maximum absolute atomic E-state index is 2.35. The first-order valence-corrected chi connectivity index (χ1v) is 14.8. The van der Waals surface area contributed by atoms with Crippen LogP contribution < -0.4 is 4.90 Å². The summed E-state index contributed by atoms with van der Waals surface area (Å²) in [6.45, 7) is 0. The van der Waals surface area contributed by atoms with Crippen LogP contribution in [0.4, 0.5) is 17.1 Å². The van der Waals surface area contributed by atoms with E-state index in [2.05, 4.69) is 181 Å². The summed E-state index contributed by atoms with van der Waals surface area (Å²) in [5, 5.41) is 7.51. The number of nitrogens with zero attached hydrogens (tertiary/aromatic N) is 1. The van der Waals surface area contributed by atoms with Gasteiger partial charge in [-0.3, -0.25) is 0 Å². The van der Waals surface area contributed by atoms with Crippen molar-refractivity contribution in [2.24, 2.45) is 0 Å². The van der Waals surface area contributed by atoms with E-state index in [1.165, 1.54) is 54.6 Å². The second-order valence-electron chi connectivity index (χ2n) is 10.9. The molecule has 0 fully saturated rings. The monoisotopic (exact) mass is 547 g/mol. The summed E-state index contributed by atoms with van der Waals surface area (Å²) < 4.78 is 0. The van der Waals surface area contributed by atoms with Gasteiger partial charge in [-0.15, -0.1) is 0 Å². The van der Waals surface area contributed by atoms with Crippen molar-refractivity contribution in [3.63, 3.8) is 0 Å². The number of hydrogen-bond donors (Lipinski definition) is 0. The molecule has 8 aromatic rings. The van der Waals surface area contributed by atoms with Gasteiger partial charge in [0, 0.05) is 16.8 Å². The summed E-state index contributed by atoms with van der Waals surface area (Å²) in [4.78, 5) is 2.35. The third-order valence-corrected chi connectivity index (χ3v) is 8.46. The van der Waals surface area contributed by atoms with Crippen LogP contribution in [-0.4, -0.2) is 0 Å². The number of anilines is 3. The summed E-state index contributed by atoms with van der Waals surface area (Å²) in [6, 6.07) is 63.4. The Kier molecular flexibility index (Phi) is 6.20. The molecule has 0 spiro atoms. The van der Waals surface area contributed by atoms with E-state index in [4.69, 9.17) is 0 Å². The highest BCUT2D eigenvalue weighted by Crippen LogP contribution is 2.44. The summed E-state index contributed by atoms with van der Waals surface area (Å²) in [5.74, 6) is 0. The highest BCUT2D eigenvalue weighted by molar-refractivity contribution is 6.14. The lowest BCUT2D eigenvalue weighted by Crippen LogP contribution is -2.10. The number of hydrogen-bond acceptors (Lipinski definition) is 1. The lowest BCUT2D eigenvalue weighted by molar-refractivity contribution is 1.30. The van der Waals surface area contributed by atoms with Crippen molar-refractivity contribution in [3.8, 4) is 22.3 Å². The summed E-state index contributed by atoms with van der Waals surface area (Å²) >= 11 is 0. The van der Waals surface area contributed by atoms with Crippen LogP contribution in [0.1, 0.15) is 0 Å². The van der Waals surface area contributed by atoms with E-state index in [-0.39, 0.29) is 0 Å². The minimum atomic E-state index is 1.14. The first-order chi connectivity index (χ1) is 21.4. The normalized spacial score (nSPS) is 11.3. The second-order valence-corrected chi connectivity index (χ2v) is 10.9. The fourth-order valence-electron chi connectivity index (χ4n) is 6.52. The average Bonchev–Trinajstić information content (AvgIpc) is 3.09. The molecular weight excluding hydrogens is 518 g/mol. The molecule has 0 aliphatic carbocycles. The molecule has 0 saturated carbocycles. The minimum absolute atomic E-state index is 1.14. The Morgan fingerprint density at radius 3 is 1.23 bits per heavy atom. The molecule has 0 amide bonds. The highest BCUT2D eigenvalue weighted by atomic mass is 15.1. The minimum Gasteiger partial charge on any atom is -0.310 e. The molecule has 1 heteroatoms. The zero-order chi connectivity index (χ0) is 28.6. The lowest BCUT2D eigenvalue weighted by Gasteiger charge is -2.27. The molecule has 0 aliphatic heterocycles. The van der Waals surface area contributed by atoms with Gasteiger partial charge in [-0.1, -0.05) is 146 Å². The Bertz CT molecular complexity index is 2190. The Balaban J connectivity index is 1.35. The van der Waals surface area contributed by atoms with Crippen molar-refractivity contribution < 1.29 is 0 Å². The van der Waals surface area contributed by atoms with Gasteiger partial charge in [0.2, 0.25) is 0 Å². The first kappa shape index (κ1) is 25.1. The fourth-order valence-corrected chi connectivity index (χ4v) is 6.52. The van der Waals surface area contributed by atoms with Gasteiger partial charge in [-0.2, -0.15) is 0 Å². The predicted molar refractivity (Wildman–Crippen MR) is 185 cm³/mol. The largest absolute Gasteiger partial charge is 0.310 e. The van der Waals surface area contributed by atoms with E-state index in [1.54, 1.807) is 0 Å². The molecule has 0 unspecified atom stereocenters. The maximum atomic E-state index is 2.35. The standard InChI is InChI=1S/C42H29N/c1-3-16-31(17-4-1)43(32-18-5-2-6-19-32)42-29-28-40(37-23-11-12-24-41(37)42)39-27-26-38(35-21-9-10-22-36(35)39)34-25-13-15-30-14-7-8-20-33(30)34/h1-29H. The van der Waals surface area contributed by atoms with Crippen LogP contribution >= 0.6 is 0 Å². The third-order valence-electron chi connectivity index (χ3n) is 8.46. The Labute approximate surface area is 251 Å². The molecule has 1 nitrogen and oxygen atoms in total. The summed E-state index contributed by atoms with van der Waals surface area (Å²) in [6.07, 6.45) is 0. The topological polar surface area (TPSA) is 3.24 Å². The van der Waals surface area contributed by atoms with Crippen molar-refractivity contribution in [1.29, 1.82) is 0 Å². The van der Waals surface area contributed by atoms with Crippen LogP contribution in [0.2, 0.25) is 0 Å². The zero-order valence-electron chi connectivity index (χ0n) is 23.7. The van der Waals surface area contributed by atoms with Crippen LogP contribution in [-0.2, 0) is 0 Å². The predicted octanol–water partition coefficient (Wildman–Crippen LogP) is 11.9. The molecule has 0 bridgehead atoms. The zero-order valence-corrected chi connectivity index (χ0v) is 23.7. The molecule has 0 heterocycles. The average molecular weight is 548 g/mol. The van der Waals surface area contributed by atoms with E-state index in [0.717, 1.165) is 17.1 Å². The number of benzene rings is 8. The summed E-state index contributed by atoms with van der Waals surface area (Å²) in [5.41, 5.74) is 8.44. The smallest absolute Gasteiger partial charge is 0.0540 e. The van der Waals surface area contributed by atoms with Gasteiger partial charge in [-0.25, -0.2) is 0 Å². The summed E-state index contributed by atoms with van der Waals surface area (Å²) in [7, 11) is 0. The van der Waals surface area contributed by atoms with E-state index in [0.29, 0.717) is 0 Å². The van der Waals surface area contributed by atoms with Gasteiger partial charge >= 0.3 is 0 Å². The van der Waals surface area contributed by atoms with Crippen LogP contribution in [0.5, 0.6) is 0 Å². The van der Waals surface area contributed by atoms with Crippen molar-refractivity contribution in [2.75, 3.05) is 4.90 Å². The van der Waals surface area contributed by atoms with E-state index < -0.39 is 0 Å². The third kappa shape index (κ3) is 4.34. The maximum Gasteiger partial charge on any atom is 0.0540 e. The van der Waals surface area contributed by atoms with Gasteiger partial charge < -0.3 is 4.90 Å². The van der Waals surface area contributed by atoms with Gasteiger partial charge in [-0.05, 0) is 79.5 Å². The van der Waals surface area contributed by atoms with Crippen molar-refractivity contribution in [2.45, 2.75) is 0 Å². The van der Waals surface area contributed by atoms with Crippen LogP contribution in [0.15, 0.2) is 176 Å². The first-order valence-electron chi connectivity index (χ1n) is 14.8. The van der Waals surface area contributed by atoms with Crippen molar-refractivity contribution >= 4 is 49.4 Å². The lowest BCUT2D eigenvalue weighted by atomic mass is 9.88. The SMILES string of the molecule is c1ccc(N(c2ccccc2)c2ccc(-c3ccc(-c4cccc5ccccc45)c4ccccc34)c3ccccc23)cc1. The molecule has 8 rings (SSSR count). The van der Waals surface area contributed by atoms with Gasteiger partial charge in [0.05, 0.1) is 5.69 Å². The van der Waals surface area contributed by atoms with Gasteiger partial charge in [0.1, 0.15) is 0 Å². The molecule has 0 saturated heterocycles. The van der Waals surface area contributed by atoms with E-state index >= 15 is 0 Å². The molecular formula is C42H29N. The number of fused-ring (bicyclic) bond motifs is 3. The molecule has 8 aromatic carbocycles. The van der Waals surface area contributed by atoms with E-state index in [1.807, 2.05) is 0 Å². The second kappa shape index (κ2) is 10.6. The van der Waals surface area contributed by atoms with Crippen molar-refractivity contribution in [1.82, 2.24) is 0 Å². The molecule has 0 N–H and O–H groups in total. The Morgan fingerprint density at radius 1 is 0.256 bits per heavy atom. The molecule has 0 atom stereocenters. The van der Waals surface area contributed by atoms with Crippen LogP contribution in [0, 0.1) is 0 Å². The molecule has 0 aromatic heterocycles. The molecule has 0 radical (unpaired) electrons. The Hall–Kier alpha value is -5.66. The fraction of sp³-hybridized carbons (Fsp3) is 0. The van der Waals surface area contributed by atoms with Crippen molar-refractivity contribution in [3.05, 3.63) is 176 Å². The van der Waals surface area contributed by atoms with Gasteiger partial charge in [0.15, 0.2) is 0 Å². The van der Waals surface area contributed by atoms with E-state index in [9.17, 15) is 0 Å². The Morgan fingerprint density at radius 2 is 0.651 bits per heavy atom. The van der Waals surface area contributed by atoms with Crippen LogP contribution in [0.3, 0.4) is 0 Å². The quantitative estimate of drug-likeness (QED) is 0.207. The number of para-hydroxylation sites is 2. The molecule has 0 aliphatic rings. The van der Waals surface area contributed by atoms with Crippen LogP contribution in [0.25, 0.3) is 54.6 Å². The highest BCUT2D eigenvalue weighted by Gasteiger charge is 2.18. The molecule has 43 heavy (non-hydrogen) atoms. The molecule has 202 valence electrons. The van der Waals surface area contributed by atoms with Gasteiger partial charge in [0.25, 0.3) is 0 Å². The number of rotatable bonds is 5.